The van der Waals surface area contributed by atoms with E-state index < -0.39 is 15.8 Å². The zero-order valence-corrected chi connectivity index (χ0v) is 18.0. The first kappa shape index (κ1) is 21.1. The minimum absolute atomic E-state index is 0.0580. The van der Waals surface area contributed by atoms with Crippen molar-refractivity contribution in [2.75, 3.05) is 30.9 Å². The molecule has 0 aliphatic carbocycles. The minimum atomic E-state index is -3.33. The first-order valence-corrected chi connectivity index (χ1v) is 12.0. The number of hydrogen-bond acceptors (Lipinski definition) is 7. The molecule has 2 aromatic heterocycles. The Bertz CT molecular complexity index is 973. The molecule has 9 nitrogen and oxygen atoms in total. The van der Waals surface area contributed by atoms with Crippen molar-refractivity contribution in [3.63, 3.8) is 0 Å². The summed E-state index contributed by atoms with van der Waals surface area (Å²) in [6.07, 6.45) is 8.50. The minimum Gasteiger partial charge on any atom is -0.376 e. The fourth-order valence-electron chi connectivity index (χ4n) is 4.25. The van der Waals surface area contributed by atoms with Crippen LogP contribution in [-0.4, -0.2) is 66.3 Å². The highest BCUT2D eigenvalue weighted by Gasteiger charge is 2.34. The van der Waals surface area contributed by atoms with Crippen LogP contribution in [-0.2, 0) is 21.2 Å². The van der Waals surface area contributed by atoms with Crippen LogP contribution >= 0.6 is 0 Å². The molecule has 4 rings (SSSR count). The number of sulfonamides is 1. The molecule has 164 valence electrons. The maximum absolute atomic E-state index is 13.0. The third-order valence-electron chi connectivity index (χ3n) is 5.78. The number of hydrogen-bond donors (Lipinski definition) is 1. The molecule has 2 aliphatic rings. The molecule has 11 heteroatoms. The summed E-state index contributed by atoms with van der Waals surface area (Å²) < 4.78 is 47.6. The largest absolute Gasteiger partial charge is 0.376 e. The Balaban J connectivity index is 1.38. The van der Waals surface area contributed by atoms with E-state index in [4.69, 9.17) is 4.74 Å². The van der Waals surface area contributed by atoms with Crippen molar-refractivity contribution in [1.82, 2.24) is 24.5 Å². The maximum atomic E-state index is 13.0. The number of halogens is 1. The SMILES string of the molecule is Cc1cnn2c1CCC(NS(C)(=O)=O)C2COC1CCN(c2ncc(F)cn2)CC1. The van der Waals surface area contributed by atoms with E-state index in [1.807, 2.05) is 22.7 Å². The molecular formula is C19H27FN6O3S. The topological polar surface area (TPSA) is 102 Å². The van der Waals surface area contributed by atoms with Gasteiger partial charge in [0.25, 0.3) is 0 Å². The Hall–Kier alpha value is -2.11. The number of aryl methyl sites for hydroxylation is 1. The molecule has 1 saturated heterocycles. The van der Waals surface area contributed by atoms with Gasteiger partial charge in [0.15, 0.2) is 5.82 Å². The molecule has 0 radical (unpaired) electrons. The second-order valence-corrected chi connectivity index (χ2v) is 9.82. The number of anilines is 1. The lowest BCUT2D eigenvalue weighted by Crippen LogP contribution is -2.47. The zero-order chi connectivity index (χ0) is 21.3. The Morgan fingerprint density at radius 1 is 1.20 bits per heavy atom. The van der Waals surface area contributed by atoms with Crippen molar-refractivity contribution in [2.45, 2.75) is 50.8 Å². The fourth-order valence-corrected chi connectivity index (χ4v) is 5.08. The number of nitrogens with one attached hydrogen (secondary N) is 1. The fraction of sp³-hybridized carbons (Fsp3) is 0.632. The number of ether oxygens (including phenoxy) is 1. The molecule has 2 aliphatic heterocycles. The van der Waals surface area contributed by atoms with E-state index >= 15 is 0 Å². The summed E-state index contributed by atoms with van der Waals surface area (Å²) in [7, 11) is -3.33. The van der Waals surface area contributed by atoms with E-state index in [0.29, 0.717) is 19.0 Å². The molecule has 2 unspecified atom stereocenters. The summed E-state index contributed by atoms with van der Waals surface area (Å²) in [5, 5.41) is 4.49. The van der Waals surface area contributed by atoms with Crippen molar-refractivity contribution in [1.29, 1.82) is 0 Å². The van der Waals surface area contributed by atoms with Gasteiger partial charge in [0.2, 0.25) is 16.0 Å². The highest BCUT2D eigenvalue weighted by atomic mass is 32.2. The maximum Gasteiger partial charge on any atom is 0.225 e. The van der Waals surface area contributed by atoms with E-state index in [1.165, 1.54) is 18.6 Å². The summed E-state index contributed by atoms with van der Waals surface area (Å²) in [6.45, 7) is 3.85. The zero-order valence-electron chi connectivity index (χ0n) is 17.2. The molecular weight excluding hydrogens is 411 g/mol. The van der Waals surface area contributed by atoms with E-state index in [1.54, 1.807) is 0 Å². The highest BCUT2D eigenvalue weighted by Crippen LogP contribution is 2.28. The molecule has 1 N–H and O–H groups in total. The van der Waals surface area contributed by atoms with Crippen LogP contribution in [0.25, 0.3) is 0 Å². The van der Waals surface area contributed by atoms with Gasteiger partial charge in [-0.2, -0.15) is 5.10 Å². The van der Waals surface area contributed by atoms with Crippen LogP contribution in [0.4, 0.5) is 10.3 Å². The Kier molecular flexibility index (Phi) is 6.03. The average molecular weight is 439 g/mol. The summed E-state index contributed by atoms with van der Waals surface area (Å²) in [5.41, 5.74) is 2.25. The predicted octanol–water partition coefficient (Wildman–Crippen LogP) is 1.21. The van der Waals surface area contributed by atoms with Gasteiger partial charge in [-0.3, -0.25) is 4.68 Å². The molecule has 0 saturated carbocycles. The van der Waals surface area contributed by atoms with Gasteiger partial charge in [0.1, 0.15) is 0 Å². The second-order valence-electron chi connectivity index (χ2n) is 8.04. The first-order valence-electron chi connectivity index (χ1n) is 10.1. The molecule has 2 atom stereocenters. The van der Waals surface area contributed by atoms with Crippen molar-refractivity contribution in [2.24, 2.45) is 0 Å². The molecule has 1 fully saturated rings. The smallest absolute Gasteiger partial charge is 0.225 e. The van der Waals surface area contributed by atoms with Crippen molar-refractivity contribution in [3.05, 3.63) is 35.7 Å². The average Bonchev–Trinajstić information content (AvgIpc) is 3.08. The summed E-state index contributed by atoms with van der Waals surface area (Å²) in [6, 6.07) is -0.435. The first-order chi connectivity index (χ1) is 14.3. The third kappa shape index (κ3) is 4.79. The quantitative estimate of drug-likeness (QED) is 0.723. The summed E-state index contributed by atoms with van der Waals surface area (Å²) in [4.78, 5) is 10.1. The van der Waals surface area contributed by atoms with Gasteiger partial charge < -0.3 is 9.64 Å². The molecule has 30 heavy (non-hydrogen) atoms. The Morgan fingerprint density at radius 3 is 2.57 bits per heavy atom. The Morgan fingerprint density at radius 2 is 1.90 bits per heavy atom. The van der Waals surface area contributed by atoms with Gasteiger partial charge in [0.05, 0.1) is 43.6 Å². The van der Waals surface area contributed by atoms with Gasteiger partial charge in [-0.25, -0.2) is 27.5 Å². The van der Waals surface area contributed by atoms with Crippen molar-refractivity contribution < 1.29 is 17.5 Å². The Labute approximate surface area is 175 Å². The van der Waals surface area contributed by atoms with Gasteiger partial charge in [-0.1, -0.05) is 0 Å². The normalized spacial score (nSPS) is 22.8. The van der Waals surface area contributed by atoms with E-state index in [0.717, 1.165) is 43.6 Å². The van der Waals surface area contributed by atoms with Crippen molar-refractivity contribution >= 4 is 16.0 Å². The summed E-state index contributed by atoms with van der Waals surface area (Å²) in [5.74, 6) is 0.0751. The van der Waals surface area contributed by atoms with Gasteiger partial charge in [-0.05, 0) is 38.2 Å². The van der Waals surface area contributed by atoms with Crippen molar-refractivity contribution in [3.8, 4) is 0 Å². The number of rotatable bonds is 6. The van der Waals surface area contributed by atoms with E-state index in [9.17, 15) is 12.8 Å². The number of aromatic nitrogens is 4. The molecule has 0 amide bonds. The van der Waals surface area contributed by atoms with Crippen LogP contribution in [0.1, 0.15) is 36.6 Å². The van der Waals surface area contributed by atoms with Crippen LogP contribution in [0.3, 0.4) is 0 Å². The predicted molar refractivity (Wildman–Crippen MR) is 109 cm³/mol. The highest BCUT2D eigenvalue weighted by molar-refractivity contribution is 7.88. The molecule has 4 heterocycles. The lowest BCUT2D eigenvalue weighted by Gasteiger charge is -2.36. The third-order valence-corrected chi connectivity index (χ3v) is 6.51. The van der Waals surface area contributed by atoms with Gasteiger partial charge in [0, 0.05) is 24.8 Å². The van der Waals surface area contributed by atoms with Crippen LogP contribution in [0.5, 0.6) is 0 Å². The molecule has 0 bridgehead atoms. The van der Waals surface area contributed by atoms with Gasteiger partial charge >= 0.3 is 0 Å². The monoisotopic (exact) mass is 438 g/mol. The lowest BCUT2D eigenvalue weighted by molar-refractivity contribution is 0.00602. The number of fused-ring (bicyclic) bond motifs is 1. The number of piperidine rings is 1. The second kappa shape index (κ2) is 8.56. The van der Waals surface area contributed by atoms with Gasteiger partial charge in [-0.15, -0.1) is 0 Å². The molecule has 2 aromatic rings. The van der Waals surface area contributed by atoms with Crippen LogP contribution in [0, 0.1) is 12.7 Å². The lowest BCUT2D eigenvalue weighted by atomic mass is 9.97. The van der Waals surface area contributed by atoms with Crippen LogP contribution in [0.2, 0.25) is 0 Å². The van der Waals surface area contributed by atoms with Crippen LogP contribution in [0.15, 0.2) is 18.6 Å². The van der Waals surface area contributed by atoms with Crippen LogP contribution < -0.4 is 9.62 Å². The number of nitrogens with zero attached hydrogens (tertiary/aromatic N) is 5. The van der Waals surface area contributed by atoms with E-state index in [2.05, 4.69) is 19.8 Å². The summed E-state index contributed by atoms with van der Waals surface area (Å²) >= 11 is 0. The standard InChI is InChI=1S/C19H27FN6O3S/c1-13-9-23-26-17(13)4-3-16(24-30(2,27)28)18(26)12-29-15-5-7-25(8-6-15)19-21-10-14(20)11-22-19/h9-11,15-16,18,24H,3-8,12H2,1-2H3. The molecule has 0 spiro atoms. The van der Waals surface area contributed by atoms with E-state index in [-0.39, 0.29) is 18.2 Å². The molecule has 0 aromatic carbocycles.